The molecule has 0 aromatic rings. The minimum atomic E-state index is -5.68. The monoisotopic (exact) mass is 206 g/mol. The van der Waals surface area contributed by atoms with Crippen LogP contribution in [0.5, 0.6) is 0 Å². The molecule has 78 valence electrons. The van der Waals surface area contributed by atoms with Crippen LogP contribution in [0.3, 0.4) is 0 Å². The van der Waals surface area contributed by atoms with Gasteiger partial charge in [-0.15, -0.1) is 0 Å². The molecule has 0 heterocycles. The smallest absolute Gasteiger partial charge is 0.456 e. The third kappa shape index (κ3) is 3.56. The van der Waals surface area contributed by atoms with Crippen molar-refractivity contribution in [1.82, 2.24) is 0 Å². The summed E-state index contributed by atoms with van der Waals surface area (Å²) in [5.74, 6) is -6.07. The lowest BCUT2D eigenvalue weighted by molar-refractivity contribution is -0.294. The highest BCUT2D eigenvalue weighted by atomic mass is 19.4. The van der Waals surface area contributed by atoms with E-state index in [9.17, 15) is 26.7 Å². The fourth-order valence-corrected chi connectivity index (χ4v) is 0.355. The quantitative estimate of drug-likeness (QED) is 0.522. The Balaban J connectivity index is 4.12. The van der Waals surface area contributed by atoms with Gasteiger partial charge in [-0.1, -0.05) is 6.92 Å². The molecule has 0 aromatic heterocycles. The van der Waals surface area contributed by atoms with Gasteiger partial charge in [0.25, 0.3) is 0 Å². The molecule has 0 atom stereocenters. The molecule has 0 rings (SSSR count). The summed E-state index contributed by atoms with van der Waals surface area (Å²) in [5, 5.41) is 0. The van der Waals surface area contributed by atoms with Gasteiger partial charge in [0, 0.05) is 6.42 Å². The van der Waals surface area contributed by atoms with Crippen LogP contribution < -0.4 is 0 Å². The second-order valence-corrected chi connectivity index (χ2v) is 2.22. The second-order valence-electron chi connectivity index (χ2n) is 2.22. The molecule has 0 aliphatic heterocycles. The Morgan fingerprint density at radius 3 is 2.00 bits per heavy atom. The van der Waals surface area contributed by atoms with Crippen LogP contribution in [0.2, 0.25) is 0 Å². The van der Waals surface area contributed by atoms with Crippen molar-refractivity contribution in [3.8, 4) is 0 Å². The molecule has 0 fully saturated rings. The molecule has 0 bridgehead atoms. The lowest BCUT2D eigenvalue weighted by Crippen LogP contribution is -2.41. The van der Waals surface area contributed by atoms with E-state index in [4.69, 9.17) is 0 Å². The number of carbonyl (C=O) groups excluding carboxylic acids is 1. The fraction of sp³-hybridized carbons (Fsp3) is 0.833. The van der Waals surface area contributed by atoms with Crippen molar-refractivity contribution in [1.29, 1.82) is 0 Å². The molecule has 0 unspecified atom stereocenters. The Labute approximate surface area is 70.7 Å². The lowest BCUT2D eigenvalue weighted by atomic mass is 10.3. The first-order valence-corrected chi connectivity index (χ1v) is 3.31. The van der Waals surface area contributed by atoms with E-state index in [1.807, 2.05) is 0 Å². The van der Waals surface area contributed by atoms with E-state index < -0.39 is 24.7 Å². The van der Waals surface area contributed by atoms with Crippen molar-refractivity contribution in [3.63, 3.8) is 0 Å². The van der Waals surface area contributed by atoms with Crippen molar-refractivity contribution in [2.75, 3.05) is 6.61 Å². The number of hydrogen-bond acceptors (Lipinski definition) is 2. The van der Waals surface area contributed by atoms with Gasteiger partial charge in [-0.05, 0) is 0 Å². The molecule has 0 aliphatic rings. The van der Waals surface area contributed by atoms with Crippen LogP contribution in [0.25, 0.3) is 0 Å². The van der Waals surface area contributed by atoms with E-state index in [1.165, 1.54) is 6.92 Å². The molecular weight excluding hydrogens is 199 g/mol. The number of carbonyl (C=O) groups is 1. The first-order chi connectivity index (χ1) is 5.70. The van der Waals surface area contributed by atoms with Crippen LogP contribution >= 0.6 is 0 Å². The highest BCUT2D eigenvalue weighted by Gasteiger charge is 2.58. The van der Waals surface area contributed by atoms with Gasteiger partial charge in [-0.3, -0.25) is 4.79 Å². The molecule has 0 spiro atoms. The zero-order valence-electron chi connectivity index (χ0n) is 6.62. The van der Waals surface area contributed by atoms with E-state index in [2.05, 4.69) is 4.74 Å². The number of alkyl halides is 5. The average molecular weight is 206 g/mol. The van der Waals surface area contributed by atoms with Gasteiger partial charge in [-0.25, -0.2) is 0 Å². The first kappa shape index (κ1) is 12.1. The number of hydrogen-bond donors (Lipinski definition) is 0. The van der Waals surface area contributed by atoms with Crippen molar-refractivity contribution in [3.05, 3.63) is 0 Å². The van der Waals surface area contributed by atoms with Crippen molar-refractivity contribution in [2.45, 2.75) is 25.4 Å². The van der Waals surface area contributed by atoms with Crippen molar-refractivity contribution in [2.24, 2.45) is 0 Å². The third-order valence-electron chi connectivity index (χ3n) is 1.12. The van der Waals surface area contributed by atoms with E-state index in [1.54, 1.807) is 0 Å². The molecule has 0 N–H and O–H groups in total. The maximum Gasteiger partial charge on any atom is 0.456 e. The Hall–Kier alpha value is -0.880. The summed E-state index contributed by atoms with van der Waals surface area (Å²) in [7, 11) is 0. The normalized spacial score (nSPS) is 12.8. The molecule has 0 saturated carbocycles. The van der Waals surface area contributed by atoms with Crippen molar-refractivity contribution < 1.29 is 31.5 Å². The van der Waals surface area contributed by atoms with Crippen LogP contribution in [0, 0.1) is 0 Å². The standard InChI is InChI=1S/C6H7F5O2/c1-2-4(12)13-3-5(7,8)6(9,10)11/h2-3H2,1H3. The van der Waals surface area contributed by atoms with Gasteiger partial charge in [0.15, 0.2) is 6.61 Å². The molecule has 7 heteroatoms. The Morgan fingerprint density at radius 1 is 1.23 bits per heavy atom. The molecule has 0 saturated heterocycles. The Kier molecular flexibility index (Phi) is 3.62. The molecule has 0 aromatic carbocycles. The van der Waals surface area contributed by atoms with Gasteiger partial charge in [0.05, 0.1) is 0 Å². The maximum absolute atomic E-state index is 12.0. The summed E-state index contributed by atoms with van der Waals surface area (Å²) in [6.07, 6.45) is -5.92. The van der Waals surface area contributed by atoms with Crippen LogP contribution in [-0.2, 0) is 9.53 Å². The van der Waals surface area contributed by atoms with Crippen molar-refractivity contribution >= 4 is 5.97 Å². The highest BCUT2D eigenvalue weighted by Crippen LogP contribution is 2.35. The largest absolute Gasteiger partial charge is 0.459 e. The lowest BCUT2D eigenvalue weighted by Gasteiger charge is -2.18. The Bertz CT molecular complexity index is 186. The number of rotatable bonds is 3. The van der Waals surface area contributed by atoms with Crippen LogP contribution in [-0.4, -0.2) is 24.7 Å². The van der Waals surface area contributed by atoms with E-state index in [0.29, 0.717) is 0 Å². The highest BCUT2D eigenvalue weighted by molar-refractivity contribution is 5.68. The summed E-state index contributed by atoms with van der Waals surface area (Å²) in [6.45, 7) is -0.669. The average Bonchev–Trinajstić information content (AvgIpc) is 1.98. The van der Waals surface area contributed by atoms with Gasteiger partial charge < -0.3 is 4.74 Å². The second kappa shape index (κ2) is 3.89. The number of esters is 1. The summed E-state index contributed by atoms with van der Waals surface area (Å²) in [6, 6.07) is 0. The van der Waals surface area contributed by atoms with Crippen LogP contribution in [0.4, 0.5) is 22.0 Å². The van der Waals surface area contributed by atoms with Gasteiger partial charge in [-0.2, -0.15) is 22.0 Å². The van der Waals surface area contributed by atoms with E-state index >= 15 is 0 Å². The minimum Gasteiger partial charge on any atom is -0.459 e. The SMILES string of the molecule is CCC(=O)OCC(F)(F)C(F)(F)F. The molecule has 13 heavy (non-hydrogen) atoms. The van der Waals surface area contributed by atoms with Crippen LogP contribution in [0.15, 0.2) is 0 Å². The van der Waals surface area contributed by atoms with Crippen LogP contribution in [0.1, 0.15) is 13.3 Å². The maximum atomic E-state index is 12.0. The third-order valence-corrected chi connectivity index (χ3v) is 1.12. The minimum absolute atomic E-state index is 0.242. The predicted octanol–water partition coefficient (Wildman–Crippen LogP) is 2.14. The summed E-state index contributed by atoms with van der Waals surface area (Å²) >= 11 is 0. The predicted molar refractivity (Wildman–Crippen MR) is 32.3 cm³/mol. The zero-order valence-corrected chi connectivity index (χ0v) is 6.62. The topological polar surface area (TPSA) is 26.3 Å². The summed E-state index contributed by atoms with van der Waals surface area (Å²) in [5.41, 5.74) is 0. The zero-order chi connectivity index (χ0) is 10.7. The molecular formula is C6H7F5O2. The Morgan fingerprint density at radius 2 is 1.69 bits per heavy atom. The number of halogens is 5. The summed E-state index contributed by atoms with van der Waals surface area (Å²) < 4.78 is 62.1. The number of ether oxygens (including phenoxy) is 1. The molecule has 0 amide bonds. The van der Waals surface area contributed by atoms with E-state index in [-0.39, 0.29) is 6.42 Å². The van der Waals surface area contributed by atoms with Gasteiger partial charge in [0.1, 0.15) is 0 Å². The van der Waals surface area contributed by atoms with Gasteiger partial charge >= 0.3 is 18.1 Å². The molecule has 0 aliphatic carbocycles. The molecule has 2 nitrogen and oxygen atoms in total. The summed E-state index contributed by atoms with van der Waals surface area (Å²) in [4.78, 5) is 10.3. The van der Waals surface area contributed by atoms with Gasteiger partial charge in [0.2, 0.25) is 0 Å². The van der Waals surface area contributed by atoms with E-state index in [0.717, 1.165) is 0 Å². The molecule has 0 radical (unpaired) electrons. The first-order valence-electron chi connectivity index (χ1n) is 3.31. The fourth-order valence-electron chi connectivity index (χ4n) is 0.355.